The SMILES string of the molecule is O=c1ccc(-c2ccc(C(F)(F)F)nc2)n[nH]1. The zero-order chi connectivity index (χ0) is 12.5. The third-order valence-corrected chi connectivity index (χ3v) is 2.03. The van der Waals surface area contributed by atoms with Gasteiger partial charge >= 0.3 is 6.18 Å². The number of alkyl halides is 3. The molecule has 0 aliphatic heterocycles. The quantitative estimate of drug-likeness (QED) is 0.828. The topological polar surface area (TPSA) is 58.6 Å². The van der Waals surface area contributed by atoms with Gasteiger partial charge in [-0.05, 0) is 18.2 Å². The lowest BCUT2D eigenvalue weighted by Crippen LogP contribution is -2.08. The third kappa shape index (κ3) is 2.49. The Morgan fingerprint density at radius 1 is 1.12 bits per heavy atom. The molecule has 0 aromatic carbocycles. The maximum atomic E-state index is 12.2. The molecule has 4 nitrogen and oxygen atoms in total. The van der Waals surface area contributed by atoms with Gasteiger partial charge in [0, 0.05) is 17.8 Å². The molecule has 2 heterocycles. The molecule has 2 rings (SSSR count). The summed E-state index contributed by atoms with van der Waals surface area (Å²) < 4.78 is 36.7. The van der Waals surface area contributed by atoms with Gasteiger partial charge in [0.05, 0.1) is 5.69 Å². The van der Waals surface area contributed by atoms with Gasteiger partial charge in [0.1, 0.15) is 5.69 Å². The summed E-state index contributed by atoms with van der Waals surface area (Å²) in [5, 5.41) is 5.87. The summed E-state index contributed by atoms with van der Waals surface area (Å²) in [5.74, 6) is 0. The molecule has 0 aliphatic carbocycles. The van der Waals surface area contributed by atoms with Crippen molar-refractivity contribution in [1.29, 1.82) is 0 Å². The molecule has 0 atom stereocenters. The normalized spacial score (nSPS) is 11.5. The van der Waals surface area contributed by atoms with Crippen LogP contribution in [0.5, 0.6) is 0 Å². The first kappa shape index (κ1) is 11.3. The Labute approximate surface area is 93.1 Å². The van der Waals surface area contributed by atoms with Crippen LogP contribution in [0.3, 0.4) is 0 Å². The highest BCUT2D eigenvalue weighted by Gasteiger charge is 2.32. The van der Waals surface area contributed by atoms with Crippen molar-refractivity contribution >= 4 is 0 Å². The highest BCUT2D eigenvalue weighted by Crippen LogP contribution is 2.28. The minimum absolute atomic E-state index is 0.353. The van der Waals surface area contributed by atoms with Gasteiger partial charge in [-0.3, -0.25) is 9.78 Å². The van der Waals surface area contributed by atoms with Crippen molar-refractivity contribution in [2.45, 2.75) is 6.18 Å². The Morgan fingerprint density at radius 3 is 2.35 bits per heavy atom. The number of pyridine rings is 1. The highest BCUT2D eigenvalue weighted by atomic mass is 19.4. The summed E-state index contributed by atoms with van der Waals surface area (Å²) in [6, 6.07) is 4.75. The van der Waals surface area contributed by atoms with E-state index >= 15 is 0 Å². The largest absolute Gasteiger partial charge is 0.433 e. The van der Waals surface area contributed by atoms with Crippen LogP contribution in [0.1, 0.15) is 5.69 Å². The number of hydrogen-bond donors (Lipinski definition) is 1. The standard InChI is InChI=1S/C10H6F3N3O/c11-10(12,13)8-3-1-6(5-14-8)7-2-4-9(17)16-15-7/h1-5H,(H,16,17). The summed E-state index contributed by atoms with van der Waals surface area (Å²) in [4.78, 5) is 14.0. The molecular formula is C10H6F3N3O. The lowest BCUT2D eigenvalue weighted by atomic mass is 10.2. The molecule has 1 N–H and O–H groups in total. The van der Waals surface area contributed by atoms with Gasteiger partial charge in [-0.2, -0.15) is 18.3 Å². The minimum Gasteiger partial charge on any atom is -0.268 e. The number of aromatic nitrogens is 3. The van der Waals surface area contributed by atoms with Crippen molar-refractivity contribution in [3.63, 3.8) is 0 Å². The smallest absolute Gasteiger partial charge is 0.268 e. The van der Waals surface area contributed by atoms with Gasteiger partial charge in [-0.25, -0.2) is 5.10 Å². The van der Waals surface area contributed by atoms with Crippen LogP contribution in [0.4, 0.5) is 13.2 Å². The molecule has 0 aliphatic rings. The molecular weight excluding hydrogens is 235 g/mol. The van der Waals surface area contributed by atoms with Crippen molar-refractivity contribution in [3.05, 3.63) is 46.5 Å². The molecule has 0 saturated heterocycles. The number of nitrogens with zero attached hydrogens (tertiary/aromatic N) is 2. The molecule has 0 amide bonds. The second-order valence-corrected chi connectivity index (χ2v) is 3.24. The number of H-pyrrole nitrogens is 1. The van der Waals surface area contributed by atoms with Crippen LogP contribution in [0.25, 0.3) is 11.3 Å². The van der Waals surface area contributed by atoms with Crippen molar-refractivity contribution in [1.82, 2.24) is 15.2 Å². The molecule has 0 saturated carbocycles. The van der Waals surface area contributed by atoms with E-state index in [9.17, 15) is 18.0 Å². The highest BCUT2D eigenvalue weighted by molar-refractivity contribution is 5.56. The van der Waals surface area contributed by atoms with Crippen LogP contribution in [0.15, 0.2) is 35.3 Å². The van der Waals surface area contributed by atoms with E-state index in [4.69, 9.17) is 0 Å². The summed E-state index contributed by atoms with van der Waals surface area (Å²) >= 11 is 0. The van der Waals surface area contributed by atoms with E-state index in [1.165, 1.54) is 18.2 Å². The fourth-order valence-electron chi connectivity index (χ4n) is 1.22. The Hall–Kier alpha value is -2.18. The predicted molar refractivity (Wildman–Crippen MR) is 53.1 cm³/mol. The number of hydrogen-bond acceptors (Lipinski definition) is 3. The van der Waals surface area contributed by atoms with Crippen LogP contribution in [0, 0.1) is 0 Å². The second-order valence-electron chi connectivity index (χ2n) is 3.24. The average Bonchev–Trinajstić information content (AvgIpc) is 2.29. The molecule has 0 bridgehead atoms. The van der Waals surface area contributed by atoms with Crippen molar-refractivity contribution in [2.75, 3.05) is 0 Å². The van der Waals surface area contributed by atoms with E-state index in [2.05, 4.69) is 15.2 Å². The minimum atomic E-state index is -4.46. The molecule has 0 radical (unpaired) electrons. The first-order chi connectivity index (χ1) is 7.97. The van der Waals surface area contributed by atoms with Crippen molar-refractivity contribution < 1.29 is 13.2 Å². The van der Waals surface area contributed by atoms with E-state index in [1.54, 1.807) is 0 Å². The van der Waals surface area contributed by atoms with E-state index < -0.39 is 11.9 Å². The van der Waals surface area contributed by atoms with Crippen LogP contribution in [-0.4, -0.2) is 15.2 Å². The van der Waals surface area contributed by atoms with Gasteiger partial charge in [0.15, 0.2) is 0 Å². The molecule has 0 unspecified atom stereocenters. The maximum absolute atomic E-state index is 12.2. The molecule has 88 valence electrons. The monoisotopic (exact) mass is 241 g/mol. The summed E-state index contributed by atoms with van der Waals surface area (Å²) in [6.07, 6.45) is -3.40. The molecule has 0 fully saturated rings. The van der Waals surface area contributed by atoms with E-state index in [-0.39, 0.29) is 5.56 Å². The Balaban J connectivity index is 2.36. The van der Waals surface area contributed by atoms with Crippen LogP contribution < -0.4 is 5.56 Å². The second kappa shape index (κ2) is 4.00. The van der Waals surface area contributed by atoms with E-state index in [0.717, 1.165) is 12.3 Å². The Kier molecular flexibility index (Phi) is 2.66. The zero-order valence-corrected chi connectivity index (χ0v) is 8.32. The van der Waals surface area contributed by atoms with Crippen molar-refractivity contribution in [2.24, 2.45) is 0 Å². The molecule has 2 aromatic heterocycles. The van der Waals surface area contributed by atoms with Gasteiger partial charge in [0.25, 0.3) is 5.56 Å². The maximum Gasteiger partial charge on any atom is 0.433 e. The lowest BCUT2D eigenvalue weighted by molar-refractivity contribution is -0.141. The van der Waals surface area contributed by atoms with Gasteiger partial charge in [-0.15, -0.1) is 0 Å². The lowest BCUT2D eigenvalue weighted by Gasteiger charge is -2.05. The summed E-state index contributed by atoms with van der Waals surface area (Å²) in [6.45, 7) is 0. The van der Waals surface area contributed by atoms with Crippen molar-refractivity contribution in [3.8, 4) is 11.3 Å². The van der Waals surface area contributed by atoms with Gasteiger partial charge in [-0.1, -0.05) is 0 Å². The first-order valence-electron chi connectivity index (χ1n) is 4.56. The van der Waals surface area contributed by atoms with Crippen LogP contribution in [0.2, 0.25) is 0 Å². The Morgan fingerprint density at radius 2 is 1.88 bits per heavy atom. The predicted octanol–water partition coefficient (Wildman–Crippen LogP) is 1.85. The van der Waals surface area contributed by atoms with Gasteiger partial charge in [0.2, 0.25) is 0 Å². The first-order valence-corrected chi connectivity index (χ1v) is 4.56. The third-order valence-electron chi connectivity index (χ3n) is 2.03. The summed E-state index contributed by atoms with van der Waals surface area (Å²) in [5.41, 5.74) is -0.598. The fourth-order valence-corrected chi connectivity index (χ4v) is 1.22. The molecule has 7 heteroatoms. The average molecular weight is 241 g/mol. The number of rotatable bonds is 1. The fraction of sp³-hybridized carbons (Fsp3) is 0.100. The molecule has 2 aromatic rings. The van der Waals surface area contributed by atoms with Crippen LogP contribution in [-0.2, 0) is 6.18 Å². The molecule has 0 spiro atoms. The van der Waals surface area contributed by atoms with E-state index in [1.807, 2.05) is 0 Å². The number of nitrogens with one attached hydrogen (secondary N) is 1. The van der Waals surface area contributed by atoms with E-state index in [0.29, 0.717) is 11.3 Å². The Bertz CT molecular complexity index is 554. The van der Waals surface area contributed by atoms with Crippen LogP contribution >= 0.6 is 0 Å². The number of aromatic amines is 1. The molecule has 17 heavy (non-hydrogen) atoms. The van der Waals surface area contributed by atoms with Gasteiger partial charge < -0.3 is 0 Å². The number of halogens is 3. The summed E-state index contributed by atoms with van der Waals surface area (Å²) in [7, 11) is 0. The zero-order valence-electron chi connectivity index (χ0n) is 8.32.